The van der Waals surface area contributed by atoms with Crippen molar-refractivity contribution in [3.05, 3.63) is 35.9 Å². The summed E-state index contributed by atoms with van der Waals surface area (Å²) in [6.07, 6.45) is 0.409. The van der Waals surface area contributed by atoms with Crippen LogP contribution in [-0.4, -0.2) is 10.9 Å². The van der Waals surface area contributed by atoms with Crippen molar-refractivity contribution >= 4 is 5.84 Å². The van der Waals surface area contributed by atoms with E-state index in [2.05, 4.69) is 0 Å². The number of nitrogens with two attached hydrogens (primary N) is 1. The second-order valence-electron chi connectivity index (χ2n) is 2.99. The van der Waals surface area contributed by atoms with E-state index in [0.717, 1.165) is 0 Å². The average molecular weight is 178 g/mol. The van der Waals surface area contributed by atoms with E-state index < -0.39 is 5.60 Å². The van der Waals surface area contributed by atoms with Crippen molar-refractivity contribution in [1.82, 2.24) is 0 Å². The maximum Gasteiger partial charge on any atom is 0.145 e. The first-order valence-corrected chi connectivity index (χ1v) is 4.23. The maximum absolute atomic E-state index is 10.0. The number of amidine groups is 1. The van der Waals surface area contributed by atoms with Gasteiger partial charge in [-0.25, -0.2) is 0 Å². The van der Waals surface area contributed by atoms with Crippen molar-refractivity contribution in [1.29, 1.82) is 5.41 Å². The Bertz CT molecular complexity index is 297. The average Bonchev–Trinajstić information content (AvgIpc) is 2.17. The highest BCUT2D eigenvalue weighted by Gasteiger charge is 2.30. The highest BCUT2D eigenvalue weighted by atomic mass is 16.3. The van der Waals surface area contributed by atoms with Gasteiger partial charge in [0.1, 0.15) is 11.4 Å². The monoisotopic (exact) mass is 178 g/mol. The number of aliphatic hydroxyl groups is 1. The fourth-order valence-electron chi connectivity index (χ4n) is 1.26. The molecule has 0 bridgehead atoms. The minimum Gasteiger partial charge on any atom is -0.385 e. The lowest BCUT2D eigenvalue weighted by Crippen LogP contribution is -2.39. The molecule has 1 unspecified atom stereocenters. The van der Waals surface area contributed by atoms with E-state index in [1.807, 2.05) is 18.2 Å². The number of nitrogens with one attached hydrogen (secondary N) is 1. The molecule has 0 saturated heterocycles. The molecule has 0 fully saturated rings. The minimum absolute atomic E-state index is 0.207. The van der Waals surface area contributed by atoms with Gasteiger partial charge in [0.15, 0.2) is 0 Å². The summed E-state index contributed by atoms with van der Waals surface area (Å²) >= 11 is 0. The fourth-order valence-corrected chi connectivity index (χ4v) is 1.26. The van der Waals surface area contributed by atoms with Gasteiger partial charge < -0.3 is 10.8 Å². The van der Waals surface area contributed by atoms with Gasteiger partial charge in [0, 0.05) is 0 Å². The van der Waals surface area contributed by atoms with Crippen LogP contribution >= 0.6 is 0 Å². The van der Waals surface area contributed by atoms with Gasteiger partial charge in [-0.15, -0.1) is 0 Å². The van der Waals surface area contributed by atoms with Crippen LogP contribution in [-0.2, 0) is 5.60 Å². The highest BCUT2D eigenvalue weighted by Crippen LogP contribution is 2.23. The molecule has 13 heavy (non-hydrogen) atoms. The number of hydrogen-bond donors (Lipinski definition) is 3. The van der Waals surface area contributed by atoms with Crippen LogP contribution in [0.15, 0.2) is 30.3 Å². The molecule has 0 aromatic heterocycles. The summed E-state index contributed by atoms with van der Waals surface area (Å²) in [5.41, 5.74) is 4.71. The standard InChI is InChI=1S/C10H14N2O/c1-2-10(13,9(11)12)8-6-4-3-5-7-8/h3-7,13H,2H2,1H3,(H3,11,12). The zero-order valence-corrected chi connectivity index (χ0v) is 7.62. The lowest BCUT2D eigenvalue weighted by Gasteiger charge is -2.25. The van der Waals surface area contributed by atoms with E-state index in [0.29, 0.717) is 12.0 Å². The zero-order valence-electron chi connectivity index (χ0n) is 7.62. The number of benzene rings is 1. The third kappa shape index (κ3) is 1.70. The Morgan fingerprint density at radius 2 is 2.00 bits per heavy atom. The van der Waals surface area contributed by atoms with E-state index in [9.17, 15) is 5.11 Å². The lowest BCUT2D eigenvalue weighted by atomic mass is 9.90. The maximum atomic E-state index is 10.0. The van der Waals surface area contributed by atoms with Crippen molar-refractivity contribution in [3.63, 3.8) is 0 Å². The fraction of sp³-hybridized carbons (Fsp3) is 0.300. The molecule has 1 atom stereocenters. The molecular weight excluding hydrogens is 164 g/mol. The molecule has 0 aliphatic carbocycles. The predicted molar refractivity (Wildman–Crippen MR) is 52.5 cm³/mol. The van der Waals surface area contributed by atoms with Crippen LogP contribution in [0.4, 0.5) is 0 Å². The van der Waals surface area contributed by atoms with Gasteiger partial charge in [-0.05, 0) is 12.0 Å². The quantitative estimate of drug-likeness (QED) is 0.481. The second kappa shape index (κ2) is 3.58. The molecular formula is C10H14N2O. The summed E-state index contributed by atoms with van der Waals surface area (Å²) in [5, 5.41) is 17.3. The third-order valence-corrected chi connectivity index (χ3v) is 2.21. The largest absolute Gasteiger partial charge is 0.385 e. The predicted octanol–water partition coefficient (Wildman–Crippen LogP) is 1.22. The third-order valence-electron chi connectivity index (χ3n) is 2.21. The summed E-state index contributed by atoms with van der Waals surface area (Å²) < 4.78 is 0. The van der Waals surface area contributed by atoms with Crippen LogP contribution in [0.25, 0.3) is 0 Å². The number of rotatable bonds is 3. The molecule has 1 aromatic rings. The molecule has 0 heterocycles. The molecule has 4 N–H and O–H groups in total. The molecule has 1 aromatic carbocycles. The van der Waals surface area contributed by atoms with Crippen LogP contribution in [0, 0.1) is 5.41 Å². The molecule has 0 radical (unpaired) electrons. The van der Waals surface area contributed by atoms with Gasteiger partial charge in [0.2, 0.25) is 0 Å². The Balaban J connectivity index is 3.11. The van der Waals surface area contributed by atoms with Crippen LogP contribution in [0.3, 0.4) is 0 Å². The Morgan fingerprint density at radius 1 is 1.46 bits per heavy atom. The van der Waals surface area contributed by atoms with Gasteiger partial charge in [0.25, 0.3) is 0 Å². The molecule has 0 aliphatic heterocycles. The summed E-state index contributed by atoms with van der Waals surface area (Å²) in [4.78, 5) is 0. The van der Waals surface area contributed by atoms with Gasteiger partial charge in [-0.3, -0.25) is 5.41 Å². The van der Waals surface area contributed by atoms with E-state index in [1.54, 1.807) is 19.1 Å². The van der Waals surface area contributed by atoms with E-state index in [-0.39, 0.29) is 5.84 Å². The number of hydrogen-bond acceptors (Lipinski definition) is 2. The molecule has 0 amide bonds. The second-order valence-corrected chi connectivity index (χ2v) is 2.99. The molecule has 0 spiro atoms. The zero-order chi connectivity index (χ0) is 9.90. The first kappa shape index (κ1) is 9.74. The highest BCUT2D eigenvalue weighted by molar-refractivity contribution is 5.87. The van der Waals surface area contributed by atoms with Gasteiger partial charge in [0.05, 0.1) is 0 Å². The van der Waals surface area contributed by atoms with Gasteiger partial charge >= 0.3 is 0 Å². The van der Waals surface area contributed by atoms with Crippen LogP contribution in [0.1, 0.15) is 18.9 Å². The SMILES string of the molecule is CCC(O)(C(=N)N)c1ccccc1. The van der Waals surface area contributed by atoms with Crippen molar-refractivity contribution in [2.45, 2.75) is 18.9 Å². The van der Waals surface area contributed by atoms with Crippen molar-refractivity contribution in [3.8, 4) is 0 Å². The van der Waals surface area contributed by atoms with Crippen molar-refractivity contribution in [2.75, 3.05) is 0 Å². The summed E-state index contributed by atoms with van der Waals surface area (Å²) in [7, 11) is 0. The Hall–Kier alpha value is -1.35. The minimum atomic E-state index is -1.30. The van der Waals surface area contributed by atoms with E-state index in [1.165, 1.54) is 0 Å². The normalized spacial score (nSPS) is 14.9. The van der Waals surface area contributed by atoms with Crippen LogP contribution in [0.5, 0.6) is 0 Å². The Labute approximate surface area is 77.7 Å². The van der Waals surface area contributed by atoms with Crippen molar-refractivity contribution in [2.24, 2.45) is 5.73 Å². The molecule has 70 valence electrons. The first-order valence-electron chi connectivity index (χ1n) is 4.23. The smallest absolute Gasteiger partial charge is 0.145 e. The van der Waals surface area contributed by atoms with Crippen molar-refractivity contribution < 1.29 is 5.11 Å². The van der Waals surface area contributed by atoms with Gasteiger partial charge in [-0.1, -0.05) is 37.3 Å². The summed E-state index contributed by atoms with van der Waals surface area (Å²) in [6, 6.07) is 9.04. The molecule has 0 aliphatic rings. The van der Waals surface area contributed by atoms with Crippen LogP contribution in [0.2, 0.25) is 0 Å². The van der Waals surface area contributed by atoms with E-state index in [4.69, 9.17) is 11.1 Å². The molecule has 3 heteroatoms. The topological polar surface area (TPSA) is 70.1 Å². The Kier molecular flexibility index (Phi) is 2.68. The first-order chi connectivity index (χ1) is 6.11. The summed E-state index contributed by atoms with van der Waals surface area (Å²) in [5.74, 6) is -0.207. The Morgan fingerprint density at radius 3 is 2.38 bits per heavy atom. The molecule has 1 rings (SSSR count). The van der Waals surface area contributed by atoms with Gasteiger partial charge in [-0.2, -0.15) is 0 Å². The molecule has 0 saturated carbocycles. The van der Waals surface area contributed by atoms with Crippen LogP contribution < -0.4 is 5.73 Å². The lowest BCUT2D eigenvalue weighted by molar-refractivity contribution is 0.104. The van der Waals surface area contributed by atoms with E-state index >= 15 is 0 Å². The molecule has 3 nitrogen and oxygen atoms in total. The summed E-state index contributed by atoms with van der Waals surface area (Å²) in [6.45, 7) is 1.80.